The molecule has 0 bridgehead atoms. The van der Waals surface area contributed by atoms with Gasteiger partial charge in [-0.3, -0.25) is 29.0 Å². The number of phenols is 1. The van der Waals surface area contributed by atoms with Gasteiger partial charge in [0.2, 0.25) is 11.8 Å². The molecule has 1 saturated carbocycles. The molecule has 0 aromatic heterocycles. The number of hydrogen-bond donors (Lipinski definition) is 1. The molecule has 3 aromatic rings. The predicted octanol–water partition coefficient (Wildman–Crippen LogP) is 7.26. The maximum Gasteiger partial charge on any atom is 0.254 e. The molecule has 3 fully saturated rings. The van der Waals surface area contributed by atoms with Crippen LogP contribution in [-0.2, 0) is 19.2 Å². The lowest BCUT2D eigenvalue weighted by Crippen LogP contribution is -2.60. The maximum atomic E-state index is 14.4. The molecular formula is C37H30Br2Cl2N2O7. The summed E-state index contributed by atoms with van der Waals surface area (Å²) >= 11 is 21.2. The van der Waals surface area contributed by atoms with Crippen molar-refractivity contribution in [2.75, 3.05) is 24.6 Å². The van der Waals surface area contributed by atoms with Gasteiger partial charge in [0.1, 0.15) is 17.2 Å². The summed E-state index contributed by atoms with van der Waals surface area (Å²) in [7, 11) is 3.18. The van der Waals surface area contributed by atoms with E-state index in [1.807, 2.05) is 48.6 Å². The molecule has 1 N–H and O–H groups in total. The highest BCUT2D eigenvalue weighted by Crippen LogP contribution is 2.66. The first kappa shape index (κ1) is 34.8. The van der Waals surface area contributed by atoms with Crippen molar-refractivity contribution < 1.29 is 33.8 Å². The number of nitrogens with zero attached hydrogens (tertiary/aromatic N) is 2. The molecule has 2 aliphatic heterocycles. The number of alkyl halides is 3. The number of ether oxygens (including phenoxy) is 2. The number of halogens is 4. The van der Waals surface area contributed by atoms with Crippen molar-refractivity contribution in [1.82, 2.24) is 4.90 Å². The van der Waals surface area contributed by atoms with Crippen LogP contribution in [0.1, 0.15) is 35.4 Å². The molecule has 6 unspecified atom stereocenters. The number of hydrogen-bond acceptors (Lipinski definition) is 7. The lowest BCUT2D eigenvalue weighted by molar-refractivity contribution is -0.138. The normalized spacial score (nSPS) is 28.9. The Morgan fingerprint density at radius 1 is 0.920 bits per heavy atom. The van der Waals surface area contributed by atoms with Crippen molar-refractivity contribution in [3.05, 3.63) is 93.5 Å². The second-order valence-corrected chi connectivity index (χ2v) is 15.4. The van der Waals surface area contributed by atoms with E-state index in [0.717, 1.165) is 16.0 Å². The molecule has 13 heteroatoms. The van der Waals surface area contributed by atoms with E-state index >= 15 is 0 Å². The molecule has 4 amide bonds. The van der Waals surface area contributed by atoms with E-state index in [1.54, 1.807) is 38.5 Å². The second-order valence-electron chi connectivity index (χ2n) is 12.7. The van der Waals surface area contributed by atoms with Crippen molar-refractivity contribution in [3.63, 3.8) is 0 Å². The quantitative estimate of drug-likeness (QED) is 0.0877. The van der Waals surface area contributed by atoms with Crippen LogP contribution in [0.2, 0.25) is 0 Å². The minimum absolute atomic E-state index is 0.135. The Morgan fingerprint density at radius 3 is 2.34 bits per heavy atom. The smallest absolute Gasteiger partial charge is 0.254 e. The second kappa shape index (κ2) is 12.8. The molecule has 50 heavy (non-hydrogen) atoms. The SMILES string of the molecule is COc1ccc(OC)c(C=Cc2ccc(N3C(=O)C4CC=C5C(CC6(Cl)C(=O)N(CBr)C(=O)C6(Cl)C5c5cc(Br)ccc5O)C4C3=O)cc2)c1. The molecule has 3 aromatic carbocycles. The molecular weight excluding hydrogens is 815 g/mol. The highest BCUT2D eigenvalue weighted by atomic mass is 79.9. The number of carbonyl (C=O) groups is 4. The molecule has 4 aliphatic rings. The first-order valence-corrected chi connectivity index (χ1v) is 18.4. The highest BCUT2D eigenvalue weighted by molar-refractivity contribution is 9.10. The largest absolute Gasteiger partial charge is 0.508 e. The number of fused-ring (bicyclic) bond motifs is 4. The van der Waals surface area contributed by atoms with Crippen molar-refractivity contribution in [2.45, 2.75) is 28.5 Å². The lowest BCUT2D eigenvalue weighted by Gasteiger charge is -2.50. The zero-order chi connectivity index (χ0) is 35.7. The molecule has 0 spiro atoms. The Kier molecular flexibility index (Phi) is 8.94. The average Bonchev–Trinajstić information content (AvgIpc) is 3.45. The summed E-state index contributed by atoms with van der Waals surface area (Å²) < 4.78 is 11.4. The number of imide groups is 2. The van der Waals surface area contributed by atoms with Gasteiger partial charge in [0.05, 0.1) is 37.2 Å². The fourth-order valence-corrected chi connectivity index (χ4v) is 9.80. The van der Waals surface area contributed by atoms with Crippen molar-refractivity contribution >= 4 is 96.5 Å². The van der Waals surface area contributed by atoms with Gasteiger partial charge in [0.25, 0.3) is 11.8 Å². The van der Waals surface area contributed by atoms with Gasteiger partial charge < -0.3 is 14.6 Å². The third-order valence-electron chi connectivity index (χ3n) is 10.4. The van der Waals surface area contributed by atoms with Crippen LogP contribution < -0.4 is 14.4 Å². The minimum Gasteiger partial charge on any atom is -0.508 e. The van der Waals surface area contributed by atoms with Gasteiger partial charge in [0.15, 0.2) is 9.75 Å². The van der Waals surface area contributed by atoms with E-state index < -0.39 is 51.1 Å². The molecule has 2 heterocycles. The Bertz CT molecular complexity index is 2020. The number of methoxy groups -OCH3 is 2. The lowest BCUT2D eigenvalue weighted by atomic mass is 9.56. The third kappa shape index (κ3) is 5.06. The molecule has 2 aliphatic carbocycles. The topological polar surface area (TPSA) is 113 Å². The summed E-state index contributed by atoms with van der Waals surface area (Å²) in [5.74, 6) is -4.31. The van der Waals surface area contributed by atoms with Crippen molar-refractivity contribution in [3.8, 4) is 17.2 Å². The van der Waals surface area contributed by atoms with E-state index in [9.17, 15) is 24.3 Å². The Labute approximate surface area is 315 Å². The summed E-state index contributed by atoms with van der Waals surface area (Å²) in [6.07, 6.45) is 5.67. The standard InChI is InChI=1S/C37H30Br2Cl2N2O7/c1-49-23-10-14-29(50-2)20(15-23)6-3-19-4-8-22(9-5-19)43-32(45)25-12-11-24-27(30(25)33(43)46)17-36(40)34(47)42(18-38)35(48)37(36,41)31(24)26-16-21(39)7-13-28(26)44/h3-11,13-16,25,27,30-31,44H,12,17-18H2,1-2H3. The highest BCUT2D eigenvalue weighted by Gasteiger charge is 2.76. The monoisotopic (exact) mass is 842 g/mol. The van der Waals surface area contributed by atoms with Gasteiger partial charge in [-0.05, 0) is 72.9 Å². The zero-order valence-corrected chi connectivity index (χ0v) is 31.4. The third-order valence-corrected chi connectivity index (χ3v) is 12.8. The fourth-order valence-electron chi connectivity index (χ4n) is 8.00. The van der Waals surface area contributed by atoms with E-state index in [0.29, 0.717) is 27.2 Å². The van der Waals surface area contributed by atoms with Crippen LogP contribution in [0.4, 0.5) is 5.69 Å². The summed E-state index contributed by atoms with van der Waals surface area (Å²) in [6, 6.07) is 17.3. The van der Waals surface area contributed by atoms with Crippen molar-refractivity contribution in [1.29, 1.82) is 0 Å². The van der Waals surface area contributed by atoms with Crippen LogP contribution >= 0.6 is 55.1 Å². The Morgan fingerprint density at radius 2 is 1.66 bits per heavy atom. The molecule has 258 valence electrons. The number of phenolic OH excluding ortho intramolecular Hbond substituents is 1. The minimum atomic E-state index is -2.00. The fraction of sp³-hybridized carbons (Fsp3) is 0.297. The number of anilines is 1. The summed E-state index contributed by atoms with van der Waals surface area (Å²) in [4.78, 5) is 54.4. The van der Waals surface area contributed by atoms with E-state index in [2.05, 4.69) is 31.9 Å². The van der Waals surface area contributed by atoms with Crippen LogP contribution in [0.15, 0.2) is 76.8 Å². The van der Waals surface area contributed by atoms with Gasteiger partial charge in [-0.1, -0.05) is 67.8 Å². The van der Waals surface area contributed by atoms with Crippen molar-refractivity contribution in [2.24, 2.45) is 17.8 Å². The Hall–Kier alpha value is -3.64. The van der Waals surface area contributed by atoms with Crippen LogP contribution in [0.5, 0.6) is 17.2 Å². The molecule has 7 rings (SSSR count). The van der Waals surface area contributed by atoms with E-state index in [4.69, 9.17) is 32.7 Å². The summed E-state index contributed by atoms with van der Waals surface area (Å²) in [5.41, 5.74) is 2.80. The first-order valence-electron chi connectivity index (χ1n) is 15.8. The molecule has 6 atom stereocenters. The van der Waals surface area contributed by atoms with Gasteiger partial charge in [0, 0.05) is 21.5 Å². The first-order chi connectivity index (χ1) is 23.9. The van der Waals surface area contributed by atoms with E-state index in [-0.39, 0.29) is 35.5 Å². The Balaban J connectivity index is 1.24. The summed E-state index contributed by atoms with van der Waals surface area (Å²) in [6.45, 7) is 0. The zero-order valence-electron chi connectivity index (χ0n) is 26.7. The van der Waals surface area contributed by atoms with Crippen LogP contribution in [-0.4, -0.2) is 63.1 Å². The number of carbonyl (C=O) groups excluding carboxylic acids is 4. The van der Waals surface area contributed by atoms with Crippen LogP contribution in [0, 0.1) is 17.8 Å². The molecule has 9 nitrogen and oxygen atoms in total. The van der Waals surface area contributed by atoms with Crippen LogP contribution in [0.25, 0.3) is 12.2 Å². The average molecular weight is 845 g/mol. The maximum absolute atomic E-state index is 14.4. The number of likely N-dealkylation sites (tertiary alicyclic amines) is 1. The number of rotatable bonds is 7. The summed E-state index contributed by atoms with van der Waals surface area (Å²) in [5, 5.41) is 11.1. The van der Waals surface area contributed by atoms with E-state index in [1.165, 1.54) is 11.0 Å². The van der Waals surface area contributed by atoms with Gasteiger partial charge in [-0.15, -0.1) is 23.2 Å². The van der Waals surface area contributed by atoms with Gasteiger partial charge in [-0.2, -0.15) is 0 Å². The number of aromatic hydroxyl groups is 1. The number of benzene rings is 3. The van der Waals surface area contributed by atoms with Gasteiger partial charge in [-0.25, -0.2) is 0 Å². The number of allylic oxidation sites excluding steroid dienone is 2. The van der Waals surface area contributed by atoms with Gasteiger partial charge >= 0.3 is 0 Å². The van der Waals surface area contributed by atoms with Crippen LogP contribution in [0.3, 0.4) is 0 Å². The molecule has 0 radical (unpaired) electrons. The number of amides is 4. The predicted molar refractivity (Wildman–Crippen MR) is 197 cm³/mol. The molecule has 2 saturated heterocycles.